The van der Waals surface area contributed by atoms with Crippen molar-refractivity contribution < 1.29 is 9.13 Å². The Hall–Kier alpha value is -2.31. The van der Waals surface area contributed by atoms with Gasteiger partial charge in [-0.3, -0.25) is 0 Å². The van der Waals surface area contributed by atoms with Crippen molar-refractivity contribution in [2.75, 3.05) is 5.73 Å². The van der Waals surface area contributed by atoms with Crippen molar-refractivity contribution >= 4 is 29.0 Å². The number of halogens is 3. The molecule has 0 aliphatic heterocycles. The minimum absolute atomic E-state index is 0.0783. The lowest BCUT2D eigenvalue weighted by molar-refractivity contribution is 0.227. The molecule has 3 aromatic rings. The minimum atomic E-state index is -0.630. The third-order valence-corrected chi connectivity index (χ3v) is 4.36. The fourth-order valence-electron chi connectivity index (χ4n) is 2.39. The number of ether oxygens (including phenoxy) is 1. The van der Waals surface area contributed by atoms with E-state index in [1.54, 1.807) is 30.1 Å². The maximum absolute atomic E-state index is 13.7. The molecule has 8 heteroatoms. The first kappa shape index (κ1) is 17.5. The van der Waals surface area contributed by atoms with Crippen LogP contribution in [0.5, 0.6) is 5.75 Å². The van der Waals surface area contributed by atoms with E-state index in [-0.39, 0.29) is 10.8 Å². The van der Waals surface area contributed by atoms with Crippen LogP contribution in [-0.2, 0) is 0 Å². The average molecular weight is 381 g/mol. The molecule has 0 saturated carbocycles. The van der Waals surface area contributed by atoms with Crippen molar-refractivity contribution in [3.63, 3.8) is 0 Å². The van der Waals surface area contributed by atoms with E-state index in [1.807, 2.05) is 13.0 Å². The third kappa shape index (κ3) is 3.55. The van der Waals surface area contributed by atoms with Gasteiger partial charge in [0.2, 0.25) is 0 Å². The van der Waals surface area contributed by atoms with Gasteiger partial charge in [0.25, 0.3) is 0 Å². The smallest absolute Gasteiger partial charge is 0.166 e. The maximum atomic E-state index is 13.7. The zero-order chi connectivity index (χ0) is 18.1. The molecule has 1 aromatic carbocycles. The van der Waals surface area contributed by atoms with Crippen LogP contribution in [0.3, 0.4) is 0 Å². The van der Waals surface area contributed by atoms with Crippen molar-refractivity contribution in [3.8, 4) is 11.4 Å². The molecule has 1 unspecified atom stereocenters. The van der Waals surface area contributed by atoms with Crippen molar-refractivity contribution in [1.82, 2.24) is 14.8 Å². The number of nitrogens with zero attached hydrogens (tertiary/aromatic N) is 3. The van der Waals surface area contributed by atoms with E-state index < -0.39 is 11.9 Å². The second-order valence-electron chi connectivity index (χ2n) is 5.50. The number of benzene rings is 1. The molecule has 2 aromatic heterocycles. The van der Waals surface area contributed by atoms with Crippen molar-refractivity contribution in [2.24, 2.45) is 0 Å². The normalized spacial score (nSPS) is 12.2. The topological polar surface area (TPSA) is 66.0 Å². The number of anilines is 1. The molecule has 1 atom stereocenters. The van der Waals surface area contributed by atoms with Gasteiger partial charge in [-0.25, -0.2) is 14.1 Å². The molecule has 0 fully saturated rings. The van der Waals surface area contributed by atoms with Crippen LogP contribution >= 0.6 is 23.2 Å². The van der Waals surface area contributed by atoms with E-state index in [9.17, 15) is 4.39 Å². The van der Waals surface area contributed by atoms with Gasteiger partial charge in [0.05, 0.1) is 22.6 Å². The number of nitrogen functional groups attached to an aromatic ring is 1. The Bertz CT molecular complexity index is 929. The van der Waals surface area contributed by atoms with E-state index in [1.165, 1.54) is 12.1 Å². The molecule has 3 rings (SSSR count). The molecule has 0 radical (unpaired) electrons. The fraction of sp³-hybridized carbons (Fsp3) is 0.176. The summed E-state index contributed by atoms with van der Waals surface area (Å²) in [6, 6.07) is 6.21. The Kier molecular flexibility index (Phi) is 4.83. The first-order chi connectivity index (χ1) is 11.9. The van der Waals surface area contributed by atoms with Gasteiger partial charge in [0, 0.05) is 22.8 Å². The highest BCUT2D eigenvalue weighted by molar-refractivity contribution is 6.36. The summed E-state index contributed by atoms with van der Waals surface area (Å²) in [7, 11) is 0. The van der Waals surface area contributed by atoms with Crippen molar-refractivity contribution in [1.29, 1.82) is 0 Å². The largest absolute Gasteiger partial charge is 0.482 e. The number of aromatic nitrogens is 3. The molecule has 25 heavy (non-hydrogen) atoms. The van der Waals surface area contributed by atoms with Crippen molar-refractivity contribution in [2.45, 2.75) is 20.0 Å². The number of hydrogen-bond donors (Lipinski definition) is 1. The summed E-state index contributed by atoms with van der Waals surface area (Å²) in [5.74, 6) is -0.0407. The van der Waals surface area contributed by atoms with Gasteiger partial charge < -0.3 is 10.5 Å². The quantitative estimate of drug-likeness (QED) is 0.663. The summed E-state index contributed by atoms with van der Waals surface area (Å²) in [6.07, 6.45) is 2.76. The van der Waals surface area contributed by atoms with Crippen LogP contribution in [0.1, 0.15) is 24.3 Å². The Balaban J connectivity index is 1.94. The van der Waals surface area contributed by atoms with Crippen LogP contribution in [0.2, 0.25) is 10.0 Å². The van der Waals surface area contributed by atoms with Gasteiger partial charge in [0.15, 0.2) is 11.6 Å². The highest BCUT2D eigenvalue weighted by atomic mass is 35.5. The molecule has 0 spiro atoms. The molecule has 0 aliphatic carbocycles. The first-order valence-corrected chi connectivity index (χ1v) is 8.20. The second kappa shape index (κ2) is 6.90. The van der Waals surface area contributed by atoms with Crippen LogP contribution in [0, 0.1) is 12.7 Å². The summed E-state index contributed by atoms with van der Waals surface area (Å²) in [5.41, 5.74) is 7.80. The lowest BCUT2D eigenvalue weighted by Crippen LogP contribution is -2.09. The number of pyridine rings is 1. The van der Waals surface area contributed by atoms with Crippen LogP contribution in [0.4, 0.5) is 10.2 Å². The molecule has 2 N–H and O–H groups in total. The molecule has 0 aliphatic rings. The number of hydrogen-bond acceptors (Lipinski definition) is 4. The predicted octanol–water partition coefficient (Wildman–Crippen LogP) is 4.74. The van der Waals surface area contributed by atoms with Gasteiger partial charge >= 0.3 is 0 Å². The average Bonchev–Trinajstić information content (AvgIpc) is 3.00. The molecule has 0 bridgehead atoms. The summed E-state index contributed by atoms with van der Waals surface area (Å²) >= 11 is 12.2. The van der Waals surface area contributed by atoms with E-state index in [4.69, 9.17) is 33.7 Å². The zero-order valence-corrected chi connectivity index (χ0v) is 15.0. The van der Waals surface area contributed by atoms with Gasteiger partial charge in [-0.05, 0) is 32.0 Å². The fourth-order valence-corrected chi connectivity index (χ4v) is 3.07. The number of nitrogens with two attached hydrogens (primary N) is 1. The maximum Gasteiger partial charge on any atom is 0.166 e. The molecule has 5 nitrogen and oxygen atoms in total. The zero-order valence-electron chi connectivity index (χ0n) is 13.5. The summed E-state index contributed by atoms with van der Waals surface area (Å²) in [5, 5.41) is 4.55. The highest BCUT2D eigenvalue weighted by Crippen LogP contribution is 2.36. The van der Waals surface area contributed by atoms with Gasteiger partial charge in [-0.1, -0.05) is 23.2 Å². The Labute approximate surface area is 154 Å². The predicted molar refractivity (Wildman–Crippen MR) is 96.0 cm³/mol. The number of rotatable bonds is 4. The summed E-state index contributed by atoms with van der Waals surface area (Å²) < 4.78 is 21.2. The van der Waals surface area contributed by atoms with Gasteiger partial charge in [0.1, 0.15) is 11.9 Å². The molecule has 0 amide bonds. The van der Waals surface area contributed by atoms with Gasteiger partial charge in [-0.15, -0.1) is 0 Å². The molecular weight excluding hydrogens is 366 g/mol. The van der Waals surface area contributed by atoms with Gasteiger partial charge in [-0.2, -0.15) is 5.10 Å². The minimum Gasteiger partial charge on any atom is -0.482 e. The molecular formula is C17H15Cl2FN4O. The molecule has 2 heterocycles. The van der Waals surface area contributed by atoms with E-state index in [2.05, 4.69) is 10.1 Å². The Morgan fingerprint density at radius 1 is 1.28 bits per heavy atom. The summed E-state index contributed by atoms with van der Waals surface area (Å²) in [6.45, 7) is 3.59. The monoisotopic (exact) mass is 380 g/mol. The van der Waals surface area contributed by atoms with E-state index in [0.717, 1.165) is 5.69 Å². The SMILES string of the molecule is Cc1ccn(-c2cnc(N)c(OC(C)c3c(Cl)ccc(F)c3Cl)c2)n1. The lowest BCUT2D eigenvalue weighted by atomic mass is 10.1. The van der Waals surface area contributed by atoms with E-state index >= 15 is 0 Å². The molecule has 130 valence electrons. The van der Waals surface area contributed by atoms with E-state index in [0.29, 0.717) is 22.0 Å². The van der Waals surface area contributed by atoms with Crippen LogP contribution in [-0.4, -0.2) is 14.8 Å². The second-order valence-corrected chi connectivity index (χ2v) is 6.28. The first-order valence-electron chi connectivity index (χ1n) is 7.45. The van der Waals surface area contributed by atoms with Crippen LogP contribution in [0.15, 0.2) is 36.7 Å². The molecule has 0 saturated heterocycles. The highest BCUT2D eigenvalue weighted by Gasteiger charge is 2.20. The number of aryl methyl sites for hydroxylation is 1. The standard InChI is InChI=1S/C17H15Cl2FN4O/c1-9-5-6-24(23-9)11-7-14(17(21)22-8-11)25-10(2)15-12(18)3-4-13(20)16(15)19/h3-8,10H,1-2H3,(H2,21,22). The lowest BCUT2D eigenvalue weighted by Gasteiger charge is -2.19. The summed E-state index contributed by atoms with van der Waals surface area (Å²) in [4.78, 5) is 4.13. The Morgan fingerprint density at radius 2 is 2.04 bits per heavy atom. The Morgan fingerprint density at radius 3 is 2.72 bits per heavy atom. The van der Waals surface area contributed by atoms with Crippen LogP contribution < -0.4 is 10.5 Å². The van der Waals surface area contributed by atoms with Crippen molar-refractivity contribution in [3.05, 3.63) is 63.8 Å². The third-order valence-electron chi connectivity index (χ3n) is 3.64. The van der Waals surface area contributed by atoms with Crippen LogP contribution in [0.25, 0.3) is 5.69 Å².